The van der Waals surface area contributed by atoms with Crippen LogP contribution in [0.2, 0.25) is 0 Å². The number of methoxy groups -OCH3 is 2. The zero-order chi connectivity index (χ0) is 37.4. The van der Waals surface area contributed by atoms with Gasteiger partial charge in [-0.2, -0.15) is 0 Å². The van der Waals surface area contributed by atoms with Gasteiger partial charge in [-0.3, -0.25) is 9.69 Å². The quantitative estimate of drug-likeness (QED) is 0.128. The normalized spacial score (nSPS) is 22.8. The highest BCUT2D eigenvalue weighted by Gasteiger charge is 2.56. The van der Waals surface area contributed by atoms with Crippen LogP contribution in [0.4, 0.5) is 9.59 Å². The highest BCUT2D eigenvalue weighted by atomic mass is 16.5. The van der Waals surface area contributed by atoms with Crippen LogP contribution in [0.15, 0.2) is 60.7 Å². The molecule has 2 aromatic heterocycles. The minimum atomic E-state index is -0.951. The molecular formula is C41H43N7O6. The topological polar surface area (TPSA) is 166 Å². The first-order valence-corrected chi connectivity index (χ1v) is 18.6. The maximum absolute atomic E-state index is 13.9. The fraction of sp³-hybridized carbons (Fsp3) is 0.390. The van der Waals surface area contributed by atoms with Crippen LogP contribution in [0.25, 0.3) is 54.7 Å². The number of aromatic amines is 2. The van der Waals surface area contributed by atoms with E-state index in [9.17, 15) is 19.5 Å². The fourth-order valence-electron chi connectivity index (χ4n) is 8.96. The number of rotatable bonds is 8. The third-order valence-corrected chi connectivity index (χ3v) is 11.7. The van der Waals surface area contributed by atoms with Gasteiger partial charge in [0.2, 0.25) is 5.91 Å². The molecule has 9 rings (SSSR count). The molecule has 2 unspecified atom stereocenters. The lowest BCUT2D eigenvalue weighted by atomic mass is 9.98. The van der Waals surface area contributed by atoms with Crippen LogP contribution in [0.3, 0.4) is 0 Å². The summed E-state index contributed by atoms with van der Waals surface area (Å²) in [6, 6.07) is 19.9. The lowest BCUT2D eigenvalue weighted by Gasteiger charge is -2.31. The first-order valence-electron chi connectivity index (χ1n) is 18.6. The Bertz CT molecular complexity index is 2470. The Morgan fingerprint density at radius 3 is 2.02 bits per heavy atom. The number of ether oxygens (including phenoxy) is 2. The number of H-pyrrole nitrogens is 2. The number of nitrogens with one attached hydrogen (secondary N) is 3. The standard InChI is InChI=1S/C41H43N7O6/c1-20(2)34(46-40(50)54-4)39(49)48-31-16-26(31)17-33(48)38-43-30-12-8-25-15-23(6-10-28(25)36(30)45-38)22-5-9-27-24(14-22)7-11-29-35(27)44-37(42-29)32-13-21(19-53-3)18-47(32)41(51)52/h5-12,14-15,20-21,26,31-34H,13,16-19H2,1-4H3,(H,42,44)(H,43,45)(H,46,50)(H,51,52)/t21?,26-,31-,32?,33+,34+/m1/s1. The van der Waals surface area contributed by atoms with Gasteiger partial charge in [-0.1, -0.05) is 50.2 Å². The van der Waals surface area contributed by atoms with Gasteiger partial charge in [0.05, 0.1) is 47.9 Å². The van der Waals surface area contributed by atoms with E-state index in [2.05, 4.69) is 63.8 Å². The minimum absolute atomic E-state index is 0.0980. The molecule has 3 fully saturated rings. The molecule has 2 aliphatic heterocycles. The van der Waals surface area contributed by atoms with Crippen LogP contribution >= 0.6 is 0 Å². The van der Waals surface area contributed by atoms with Crippen molar-refractivity contribution in [3.63, 3.8) is 0 Å². The predicted molar refractivity (Wildman–Crippen MR) is 204 cm³/mol. The summed E-state index contributed by atoms with van der Waals surface area (Å²) in [5.41, 5.74) is 5.63. The number of carbonyl (C=O) groups is 3. The molecule has 3 amide bonds. The zero-order valence-electron chi connectivity index (χ0n) is 30.6. The van der Waals surface area contributed by atoms with Crippen molar-refractivity contribution in [2.45, 2.75) is 57.3 Å². The summed E-state index contributed by atoms with van der Waals surface area (Å²) < 4.78 is 10.1. The van der Waals surface area contributed by atoms with E-state index in [-0.39, 0.29) is 35.9 Å². The molecule has 13 heteroatoms. The van der Waals surface area contributed by atoms with Crippen LogP contribution in [-0.4, -0.2) is 92.4 Å². The van der Waals surface area contributed by atoms with E-state index in [4.69, 9.17) is 19.4 Å². The largest absolute Gasteiger partial charge is 0.465 e. The maximum atomic E-state index is 13.9. The van der Waals surface area contributed by atoms with Crippen molar-refractivity contribution >= 4 is 61.7 Å². The SMILES string of the molecule is COCC1CC(c2nc3ccc4cc(-c5ccc6c(ccc7nc([C@@H]8C[C@H]9C[C@H]9N8C(=O)[C@@H](NC(=O)OC)C(C)C)[nH]c76)c5)ccc4c3[nH]2)N(C(=O)O)C1. The molecule has 6 aromatic rings. The second kappa shape index (κ2) is 13.0. The number of hydrogen-bond acceptors (Lipinski definition) is 7. The number of aromatic nitrogens is 4. The molecule has 4 aromatic carbocycles. The number of piperidine rings is 1. The number of amides is 3. The predicted octanol–water partition coefficient (Wildman–Crippen LogP) is 7.14. The Hall–Kier alpha value is -5.69. The van der Waals surface area contributed by atoms with Crippen molar-refractivity contribution in [1.29, 1.82) is 0 Å². The molecule has 54 heavy (non-hydrogen) atoms. The third-order valence-electron chi connectivity index (χ3n) is 11.7. The number of nitrogens with zero attached hydrogens (tertiary/aromatic N) is 4. The Kier molecular flexibility index (Phi) is 8.22. The van der Waals surface area contributed by atoms with Crippen LogP contribution in [0.5, 0.6) is 0 Å². The van der Waals surface area contributed by atoms with E-state index in [0.717, 1.165) is 73.4 Å². The summed E-state index contributed by atoms with van der Waals surface area (Å²) in [6.45, 7) is 4.78. The number of carbonyl (C=O) groups excluding carboxylic acids is 2. The van der Waals surface area contributed by atoms with E-state index in [0.29, 0.717) is 31.3 Å². The molecule has 0 radical (unpaired) electrons. The number of likely N-dealkylation sites (tertiary alicyclic amines) is 2. The molecular weight excluding hydrogens is 686 g/mol. The molecule has 13 nitrogen and oxygen atoms in total. The second-order valence-electron chi connectivity index (χ2n) is 15.5. The van der Waals surface area contributed by atoms with Gasteiger partial charge in [0.15, 0.2) is 0 Å². The van der Waals surface area contributed by atoms with Crippen LogP contribution in [-0.2, 0) is 14.3 Å². The fourth-order valence-corrected chi connectivity index (χ4v) is 8.96. The van der Waals surface area contributed by atoms with Gasteiger partial charge in [0, 0.05) is 36.4 Å². The summed E-state index contributed by atoms with van der Waals surface area (Å²) in [4.78, 5) is 58.4. The van der Waals surface area contributed by atoms with Crippen LogP contribution in [0, 0.1) is 17.8 Å². The number of alkyl carbamates (subject to hydrolysis) is 1. The number of hydrogen-bond donors (Lipinski definition) is 4. The summed E-state index contributed by atoms with van der Waals surface area (Å²) in [5, 5.41) is 16.8. The van der Waals surface area contributed by atoms with E-state index in [1.165, 1.54) is 12.0 Å². The maximum Gasteiger partial charge on any atom is 0.407 e. The lowest BCUT2D eigenvalue weighted by Crippen LogP contribution is -2.52. The zero-order valence-corrected chi connectivity index (χ0v) is 30.6. The number of carboxylic acid groups (broad SMARTS) is 1. The highest BCUT2D eigenvalue weighted by molar-refractivity contribution is 6.07. The summed E-state index contributed by atoms with van der Waals surface area (Å²) in [7, 11) is 2.95. The molecule has 0 bridgehead atoms. The lowest BCUT2D eigenvalue weighted by molar-refractivity contribution is -0.136. The molecule has 0 spiro atoms. The van der Waals surface area contributed by atoms with Gasteiger partial charge >= 0.3 is 12.2 Å². The van der Waals surface area contributed by atoms with Crippen molar-refractivity contribution < 1.29 is 29.0 Å². The Labute approximate surface area is 311 Å². The monoisotopic (exact) mass is 729 g/mol. The number of imidazole rings is 2. The summed E-state index contributed by atoms with van der Waals surface area (Å²) in [5.74, 6) is 1.79. The van der Waals surface area contributed by atoms with Crippen molar-refractivity contribution in [2.75, 3.05) is 27.4 Å². The summed E-state index contributed by atoms with van der Waals surface area (Å²) >= 11 is 0. The molecule has 3 aliphatic rings. The molecule has 2 saturated heterocycles. The molecule has 4 heterocycles. The smallest absolute Gasteiger partial charge is 0.407 e. The minimum Gasteiger partial charge on any atom is -0.465 e. The van der Waals surface area contributed by atoms with Crippen molar-refractivity contribution in [1.82, 2.24) is 35.1 Å². The average Bonchev–Trinajstić information content (AvgIpc) is 3.60. The van der Waals surface area contributed by atoms with Gasteiger partial charge in [-0.05, 0) is 77.3 Å². The molecule has 1 aliphatic carbocycles. The second-order valence-corrected chi connectivity index (χ2v) is 15.5. The molecule has 6 atom stereocenters. The van der Waals surface area contributed by atoms with Crippen molar-refractivity contribution in [3.8, 4) is 11.1 Å². The summed E-state index contributed by atoms with van der Waals surface area (Å²) in [6.07, 6.45) is 0.907. The van der Waals surface area contributed by atoms with Crippen LogP contribution < -0.4 is 5.32 Å². The van der Waals surface area contributed by atoms with Gasteiger partial charge in [0.25, 0.3) is 0 Å². The molecule has 1 saturated carbocycles. The Balaban J connectivity index is 1.00. The van der Waals surface area contributed by atoms with Gasteiger partial charge in [-0.15, -0.1) is 0 Å². The van der Waals surface area contributed by atoms with E-state index >= 15 is 0 Å². The third kappa shape index (κ3) is 5.69. The van der Waals surface area contributed by atoms with Crippen molar-refractivity contribution in [3.05, 3.63) is 72.3 Å². The van der Waals surface area contributed by atoms with Crippen molar-refractivity contribution in [2.24, 2.45) is 17.8 Å². The van der Waals surface area contributed by atoms with E-state index in [1.54, 1.807) is 7.11 Å². The molecule has 278 valence electrons. The van der Waals surface area contributed by atoms with E-state index < -0.39 is 18.2 Å². The van der Waals surface area contributed by atoms with Crippen LogP contribution in [0.1, 0.15) is 56.8 Å². The average molecular weight is 730 g/mol. The first-order chi connectivity index (χ1) is 26.1. The van der Waals surface area contributed by atoms with Gasteiger partial charge in [-0.25, -0.2) is 19.6 Å². The van der Waals surface area contributed by atoms with E-state index in [1.807, 2.05) is 30.9 Å². The number of benzene rings is 4. The number of fused-ring (bicyclic) bond motifs is 7. The van der Waals surface area contributed by atoms with Gasteiger partial charge < -0.3 is 34.8 Å². The Morgan fingerprint density at radius 2 is 1.46 bits per heavy atom. The van der Waals surface area contributed by atoms with Gasteiger partial charge in [0.1, 0.15) is 17.7 Å². The Morgan fingerprint density at radius 1 is 0.852 bits per heavy atom. The molecule has 4 N–H and O–H groups in total. The first kappa shape index (κ1) is 34.1. The highest BCUT2D eigenvalue weighted by Crippen LogP contribution is 2.53.